The van der Waals surface area contributed by atoms with Crippen molar-refractivity contribution < 1.29 is 13.2 Å². The number of aromatic nitrogens is 2. The summed E-state index contributed by atoms with van der Waals surface area (Å²) in [7, 11) is 0. The van der Waals surface area contributed by atoms with Gasteiger partial charge in [0.1, 0.15) is 0 Å². The molecule has 0 fully saturated rings. The summed E-state index contributed by atoms with van der Waals surface area (Å²) >= 11 is 1.33. The minimum absolute atomic E-state index is 0.143. The number of para-hydroxylation sites is 1. The Balaban J connectivity index is 1.70. The molecule has 1 aliphatic heterocycles. The Morgan fingerprint density at radius 2 is 1.89 bits per heavy atom. The lowest BCUT2D eigenvalue weighted by Crippen LogP contribution is -2.24. The minimum Gasteiger partial charge on any atom is -0.397 e. The molecule has 27 heavy (non-hydrogen) atoms. The number of imidazole rings is 1. The van der Waals surface area contributed by atoms with Gasteiger partial charge in [0.2, 0.25) is 0 Å². The van der Waals surface area contributed by atoms with Crippen LogP contribution in [0.5, 0.6) is 0 Å². The topological polar surface area (TPSA) is 47.1 Å². The van der Waals surface area contributed by atoms with Crippen LogP contribution in [0, 0.1) is 0 Å². The van der Waals surface area contributed by atoms with Gasteiger partial charge in [0.15, 0.2) is 0 Å². The van der Waals surface area contributed by atoms with Gasteiger partial charge in [-0.05, 0) is 30.7 Å². The Labute approximate surface area is 158 Å². The maximum absolute atomic E-state index is 13.2. The number of hydrogen-bond donors (Lipinski definition) is 1. The molecule has 0 saturated heterocycles. The van der Waals surface area contributed by atoms with Crippen LogP contribution < -0.4 is 10.6 Å². The number of halogens is 3. The third kappa shape index (κ3) is 3.49. The van der Waals surface area contributed by atoms with Crippen LogP contribution in [0.15, 0.2) is 64.9 Å². The molecule has 0 radical (unpaired) electrons. The molecule has 4 nitrogen and oxygen atoms in total. The monoisotopic (exact) mass is 390 g/mol. The minimum atomic E-state index is -4.42. The molecule has 0 atom stereocenters. The summed E-state index contributed by atoms with van der Waals surface area (Å²) in [5.74, 6) is 0. The summed E-state index contributed by atoms with van der Waals surface area (Å²) in [4.78, 5) is 7.50. The Kier molecular flexibility index (Phi) is 4.51. The van der Waals surface area contributed by atoms with Gasteiger partial charge in [-0.15, -0.1) is 0 Å². The molecule has 0 amide bonds. The van der Waals surface area contributed by atoms with E-state index in [9.17, 15) is 13.2 Å². The van der Waals surface area contributed by atoms with Crippen molar-refractivity contribution in [3.05, 3.63) is 60.7 Å². The fourth-order valence-corrected chi connectivity index (χ4v) is 4.40. The van der Waals surface area contributed by atoms with E-state index in [0.717, 1.165) is 29.6 Å². The van der Waals surface area contributed by atoms with Gasteiger partial charge in [-0.1, -0.05) is 23.9 Å². The van der Waals surface area contributed by atoms with Crippen LogP contribution in [0.25, 0.3) is 0 Å². The number of nitrogens with zero attached hydrogens (tertiary/aromatic N) is 3. The Bertz CT molecular complexity index is 954. The van der Waals surface area contributed by atoms with Gasteiger partial charge in [0.25, 0.3) is 0 Å². The first-order chi connectivity index (χ1) is 12.9. The third-order valence-corrected chi connectivity index (χ3v) is 5.53. The van der Waals surface area contributed by atoms with Crippen LogP contribution in [0.4, 0.5) is 30.2 Å². The highest BCUT2D eigenvalue weighted by atomic mass is 32.2. The smallest absolute Gasteiger partial charge is 0.397 e. The second-order valence-corrected chi connectivity index (χ2v) is 7.37. The molecular weight excluding hydrogens is 373 g/mol. The number of benzene rings is 2. The van der Waals surface area contributed by atoms with Gasteiger partial charge in [0.05, 0.1) is 29.0 Å². The molecule has 2 heterocycles. The second kappa shape index (κ2) is 6.84. The van der Waals surface area contributed by atoms with Gasteiger partial charge >= 0.3 is 6.18 Å². The van der Waals surface area contributed by atoms with Crippen molar-refractivity contribution in [3.8, 4) is 0 Å². The zero-order chi connectivity index (χ0) is 19.0. The maximum Gasteiger partial charge on any atom is 0.416 e. The van der Waals surface area contributed by atoms with Crippen molar-refractivity contribution in [1.29, 1.82) is 0 Å². The van der Waals surface area contributed by atoms with E-state index in [1.54, 1.807) is 12.5 Å². The lowest BCUT2D eigenvalue weighted by atomic mass is 10.1. The molecule has 0 saturated carbocycles. The molecular formula is C19H17F3N4S. The molecule has 4 rings (SSSR count). The molecule has 1 aromatic heterocycles. The summed E-state index contributed by atoms with van der Waals surface area (Å²) in [6, 6.07) is 9.91. The van der Waals surface area contributed by atoms with E-state index in [1.165, 1.54) is 17.8 Å². The normalized spacial score (nSPS) is 13.4. The first kappa shape index (κ1) is 17.8. The van der Waals surface area contributed by atoms with E-state index < -0.39 is 11.7 Å². The first-order valence-corrected chi connectivity index (χ1v) is 9.26. The first-order valence-electron chi connectivity index (χ1n) is 8.44. The van der Waals surface area contributed by atoms with Crippen LogP contribution in [-0.2, 0) is 12.7 Å². The van der Waals surface area contributed by atoms with Crippen molar-refractivity contribution in [3.63, 3.8) is 0 Å². The Morgan fingerprint density at radius 3 is 2.63 bits per heavy atom. The van der Waals surface area contributed by atoms with E-state index >= 15 is 0 Å². The molecule has 140 valence electrons. The highest BCUT2D eigenvalue weighted by Crippen LogP contribution is 2.52. The number of nitrogens with two attached hydrogens (primary N) is 1. The van der Waals surface area contributed by atoms with E-state index in [0.29, 0.717) is 17.1 Å². The van der Waals surface area contributed by atoms with Crippen molar-refractivity contribution in [2.75, 3.05) is 17.2 Å². The average molecular weight is 390 g/mol. The average Bonchev–Trinajstić information content (AvgIpc) is 3.13. The van der Waals surface area contributed by atoms with E-state index in [4.69, 9.17) is 5.73 Å². The van der Waals surface area contributed by atoms with E-state index in [1.807, 2.05) is 39.9 Å². The zero-order valence-electron chi connectivity index (χ0n) is 14.3. The van der Waals surface area contributed by atoms with Gasteiger partial charge in [-0.3, -0.25) is 0 Å². The highest BCUT2D eigenvalue weighted by molar-refractivity contribution is 7.99. The summed E-state index contributed by atoms with van der Waals surface area (Å²) < 4.78 is 41.6. The Hall–Kier alpha value is -2.61. The largest absolute Gasteiger partial charge is 0.416 e. The van der Waals surface area contributed by atoms with E-state index in [2.05, 4.69) is 4.98 Å². The number of nitrogen functional groups attached to an aromatic ring is 1. The fourth-order valence-electron chi connectivity index (χ4n) is 3.23. The fraction of sp³-hybridized carbons (Fsp3) is 0.211. The maximum atomic E-state index is 13.2. The Morgan fingerprint density at radius 1 is 1.07 bits per heavy atom. The molecule has 2 aromatic carbocycles. The molecule has 0 aliphatic carbocycles. The summed E-state index contributed by atoms with van der Waals surface area (Å²) in [6.07, 6.45) is 1.73. The lowest BCUT2D eigenvalue weighted by molar-refractivity contribution is -0.137. The molecule has 0 bridgehead atoms. The lowest BCUT2D eigenvalue weighted by Gasteiger charge is -2.34. The molecule has 2 N–H and O–H groups in total. The molecule has 1 aliphatic rings. The van der Waals surface area contributed by atoms with Crippen LogP contribution >= 0.6 is 11.8 Å². The van der Waals surface area contributed by atoms with Crippen LogP contribution in [0.1, 0.15) is 12.0 Å². The summed E-state index contributed by atoms with van der Waals surface area (Å²) in [6.45, 7) is 1.40. The number of fused-ring (bicyclic) bond motifs is 2. The summed E-state index contributed by atoms with van der Waals surface area (Å²) in [5.41, 5.74) is 7.12. The quantitative estimate of drug-likeness (QED) is 0.624. The molecule has 8 heteroatoms. The van der Waals surface area contributed by atoms with Gasteiger partial charge in [-0.2, -0.15) is 13.2 Å². The predicted molar refractivity (Wildman–Crippen MR) is 100 cm³/mol. The van der Waals surface area contributed by atoms with E-state index in [-0.39, 0.29) is 5.69 Å². The van der Waals surface area contributed by atoms with Crippen LogP contribution in [0.2, 0.25) is 0 Å². The van der Waals surface area contributed by atoms with Gasteiger partial charge < -0.3 is 15.2 Å². The molecule has 3 aromatic rings. The predicted octanol–water partition coefficient (Wildman–Crippen LogP) is 5.18. The molecule has 0 unspecified atom stereocenters. The van der Waals surface area contributed by atoms with Crippen LogP contribution in [0.3, 0.4) is 0 Å². The number of anilines is 3. The van der Waals surface area contributed by atoms with Gasteiger partial charge in [0, 0.05) is 35.3 Å². The molecule has 0 spiro atoms. The van der Waals surface area contributed by atoms with Crippen molar-refractivity contribution in [2.45, 2.75) is 28.9 Å². The third-order valence-electron chi connectivity index (χ3n) is 4.43. The highest BCUT2D eigenvalue weighted by Gasteiger charge is 2.34. The standard InChI is InChI=1S/C19H17F3N4S/c20-19(21,22)13-10-14(23)18-17(11-13)27-16-5-2-1-4-15(16)26(18)8-3-7-25-9-6-24-12-25/h1-2,4-6,9-12H,3,7-8,23H2. The second-order valence-electron chi connectivity index (χ2n) is 6.29. The van der Waals surface area contributed by atoms with Crippen LogP contribution in [-0.4, -0.2) is 16.1 Å². The van der Waals surface area contributed by atoms with Crippen molar-refractivity contribution in [2.24, 2.45) is 0 Å². The number of hydrogen-bond acceptors (Lipinski definition) is 4. The SMILES string of the molecule is Nc1cc(C(F)(F)F)cc2c1N(CCCn1ccnc1)c1ccccc1S2. The van der Waals surface area contributed by atoms with Crippen molar-refractivity contribution in [1.82, 2.24) is 9.55 Å². The summed E-state index contributed by atoms with van der Waals surface area (Å²) in [5, 5.41) is 0. The number of rotatable bonds is 4. The number of alkyl halides is 3. The van der Waals surface area contributed by atoms with Gasteiger partial charge in [-0.25, -0.2) is 4.98 Å². The zero-order valence-corrected chi connectivity index (χ0v) is 15.1. The van der Waals surface area contributed by atoms with Crippen molar-refractivity contribution >= 4 is 28.8 Å². The number of aryl methyl sites for hydroxylation is 1.